The maximum absolute atomic E-state index is 12.8. The lowest BCUT2D eigenvalue weighted by Crippen LogP contribution is -2.54. The van der Waals surface area contributed by atoms with Gasteiger partial charge in [0.05, 0.1) is 13.7 Å². The first kappa shape index (κ1) is 18.6. The summed E-state index contributed by atoms with van der Waals surface area (Å²) in [7, 11) is 0. The number of nitrogens with one attached hydrogen (secondary N) is 1. The van der Waals surface area contributed by atoms with Crippen molar-refractivity contribution in [3.8, 4) is 5.75 Å². The van der Waals surface area contributed by atoms with E-state index in [0.29, 0.717) is 19.3 Å². The van der Waals surface area contributed by atoms with Gasteiger partial charge in [-0.05, 0) is 81.3 Å². The number of aryl methyl sites for hydroxylation is 1. The Morgan fingerprint density at radius 2 is 1.81 bits per heavy atom. The highest BCUT2D eigenvalue weighted by Crippen LogP contribution is 2.31. The molecule has 3 rings (SSSR count). The van der Waals surface area contributed by atoms with Gasteiger partial charge in [0.25, 0.3) is 11.8 Å². The van der Waals surface area contributed by atoms with E-state index in [4.69, 9.17) is 0 Å². The van der Waals surface area contributed by atoms with Gasteiger partial charge in [-0.15, -0.1) is 0 Å². The Labute approximate surface area is 171 Å². The second-order valence-electron chi connectivity index (χ2n) is 5.63. The van der Waals surface area contributed by atoms with Crippen LogP contribution in [0.5, 0.6) is 5.75 Å². The number of imide groups is 2. The Balaban J connectivity index is 2.04. The number of phenolic OH excluding ortho intramolecular Hbond substituents is 1. The number of hydrogen-bond acceptors (Lipinski definition) is 4. The molecule has 0 bridgehead atoms. The van der Waals surface area contributed by atoms with Gasteiger partial charge in [0.1, 0.15) is 11.3 Å². The molecule has 132 valence electrons. The number of phenols is 1. The molecule has 1 heterocycles. The number of carbonyl (C=O) groups is 3. The lowest BCUT2D eigenvalue weighted by molar-refractivity contribution is -0.122. The fourth-order valence-corrected chi connectivity index (χ4v) is 3.92. The van der Waals surface area contributed by atoms with Gasteiger partial charge in [-0.25, -0.2) is 9.69 Å². The lowest BCUT2D eigenvalue weighted by Gasteiger charge is -2.26. The monoisotopic (exact) mass is 526 g/mol. The third kappa shape index (κ3) is 3.51. The van der Waals surface area contributed by atoms with Gasteiger partial charge in [-0.3, -0.25) is 14.9 Å². The highest BCUT2D eigenvalue weighted by atomic mass is 127. The molecule has 4 amide bonds. The molecular formula is C18H12BrIN2O4. The Kier molecular flexibility index (Phi) is 5.15. The van der Waals surface area contributed by atoms with Crippen molar-refractivity contribution in [2.24, 2.45) is 0 Å². The molecule has 0 aromatic heterocycles. The first-order valence-corrected chi connectivity index (χ1v) is 9.31. The van der Waals surface area contributed by atoms with Gasteiger partial charge in [0.15, 0.2) is 0 Å². The minimum absolute atomic E-state index is 0.0728. The Hall–Kier alpha value is -2.20. The van der Waals surface area contributed by atoms with E-state index in [0.717, 1.165) is 10.5 Å². The molecule has 0 radical (unpaired) electrons. The summed E-state index contributed by atoms with van der Waals surface area (Å²) in [6.45, 7) is 1.89. The number of hydrogen-bond donors (Lipinski definition) is 2. The maximum atomic E-state index is 12.8. The Bertz CT molecular complexity index is 947. The van der Waals surface area contributed by atoms with Gasteiger partial charge in [-0.2, -0.15) is 0 Å². The van der Waals surface area contributed by atoms with Crippen molar-refractivity contribution >= 4 is 68.1 Å². The van der Waals surface area contributed by atoms with Crippen LogP contribution >= 0.6 is 38.5 Å². The zero-order valence-electron chi connectivity index (χ0n) is 13.4. The van der Waals surface area contributed by atoms with E-state index in [1.165, 1.54) is 6.08 Å². The van der Waals surface area contributed by atoms with Crippen molar-refractivity contribution in [3.63, 3.8) is 0 Å². The molecule has 2 aromatic rings. The normalized spacial score (nSPS) is 16.2. The highest BCUT2D eigenvalue weighted by Gasteiger charge is 2.36. The SMILES string of the molecule is Cc1ccc(N2C(=O)NC(=O)C(=Cc3cc(Br)c(O)c(I)c3)C2=O)cc1. The fraction of sp³-hybridized carbons (Fsp3) is 0.0556. The molecule has 2 aromatic carbocycles. The summed E-state index contributed by atoms with van der Waals surface area (Å²) >= 11 is 5.16. The minimum Gasteiger partial charge on any atom is -0.506 e. The fourth-order valence-electron chi connectivity index (χ4n) is 2.42. The molecule has 1 saturated heterocycles. The van der Waals surface area contributed by atoms with Crippen LogP contribution in [0.15, 0.2) is 46.4 Å². The van der Waals surface area contributed by atoms with Crippen molar-refractivity contribution in [3.05, 3.63) is 61.1 Å². The number of benzene rings is 2. The number of aromatic hydroxyl groups is 1. The predicted molar refractivity (Wildman–Crippen MR) is 109 cm³/mol. The van der Waals surface area contributed by atoms with Crippen LogP contribution in [0.1, 0.15) is 11.1 Å². The third-order valence-electron chi connectivity index (χ3n) is 3.74. The van der Waals surface area contributed by atoms with Crippen LogP contribution in [-0.4, -0.2) is 23.0 Å². The van der Waals surface area contributed by atoms with Gasteiger partial charge in [0.2, 0.25) is 0 Å². The molecule has 1 aliphatic heterocycles. The lowest BCUT2D eigenvalue weighted by atomic mass is 10.1. The molecule has 1 fully saturated rings. The van der Waals surface area contributed by atoms with Crippen molar-refractivity contribution in [1.82, 2.24) is 5.32 Å². The second kappa shape index (κ2) is 7.20. The van der Waals surface area contributed by atoms with Crippen LogP contribution in [0, 0.1) is 10.5 Å². The first-order valence-electron chi connectivity index (χ1n) is 7.44. The van der Waals surface area contributed by atoms with Gasteiger partial charge in [-0.1, -0.05) is 17.7 Å². The largest absolute Gasteiger partial charge is 0.506 e. The summed E-state index contributed by atoms with van der Waals surface area (Å²) in [4.78, 5) is 38.0. The number of rotatable bonds is 2. The molecule has 2 N–H and O–H groups in total. The van der Waals surface area contributed by atoms with E-state index < -0.39 is 17.8 Å². The third-order valence-corrected chi connectivity index (χ3v) is 5.17. The maximum Gasteiger partial charge on any atom is 0.335 e. The van der Waals surface area contributed by atoms with Crippen LogP contribution in [-0.2, 0) is 9.59 Å². The average Bonchev–Trinajstić information content (AvgIpc) is 2.58. The van der Waals surface area contributed by atoms with Crippen molar-refractivity contribution < 1.29 is 19.5 Å². The molecule has 0 spiro atoms. The molecule has 1 aliphatic rings. The Morgan fingerprint density at radius 1 is 1.15 bits per heavy atom. The highest BCUT2D eigenvalue weighted by molar-refractivity contribution is 14.1. The zero-order valence-corrected chi connectivity index (χ0v) is 17.2. The van der Waals surface area contributed by atoms with E-state index in [9.17, 15) is 19.5 Å². The van der Waals surface area contributed by atoms with Gasteiger partial charge in [0, 0.05) is 0 Å². The summed E-state index contributed by atoms with van der Waals surface area (Å²) in [5, 5.41) is 12.0. The quantitative estimate of drug-likeness (QED) is 0.354. The molecule has 0 unspecified atom stereocenters. The predicted octanol–water partition coefficient (Wildman–Crippen LogP) is 3.73. The van der Waals surface area contributed by atoms with Gasteiger partial charge < -0.3 is 5.11 Å². The van der Waals surface area contributed by atoms with Crippen molar-refractivity contribution in [2.45, 2.75) is 6.92 Å². The molecular weight excluding hydrogens is 515 g/mol. The smallest absolute Gasteiger partial charge is 0.335 e. The summed E-state index contributed by atoms with van der Waals surface area (Å²) < 4.78 is 0.991. The molecule has 0 atom stereocenters. The number of nitrogens with zero attached hydrogens (tertiary/aromatic N) is 1. The number of carbonyl (C=O) groups excluding carboxylic acids is 3. The molecule has 26 heavy (non-hydrogen) atoms. The average molecular weight is 527 g/mol. The Morgan fingerprint density at radius 3 is 2.42 bits per heavy atom. The van der Waals surface area contributed by atoms with E-state index in [1.807, 2.05) is 29.5 Å². The number of amides is 4. The summed E-state index contributed by atoms with van der Waals surface area (Å²) in [5.74, 6) is -1.40. The second-order valence-corrected chi connectivity index (χ2v) is 7.64. The number of barbiturate groups is 1. The van der Waals surface area contributed by atoms with E-state index in [-0.39, 0.29) is 11.3 Å². The number of urea groups is 1. The van der Waals surface area contributed by atoms with Crippen LogP contribution in [0.3, 0.4) is 0 Å². The van der Waals surface area contributed by atoms with Crippen LogP contribution in [0.2, 0.25) is 0 Å². The van der Waals surface area contributed by atoms with Crippen LogP contribution in [0.4, 0.5) is 10.5 Å². The molecule has 8 heteroatoms. The zero-order chi connectivity index (χ0) is 19.0. The minimum atomic E-state index is -0.789. The van der Waals surface area contributed by atoms with Crippen molar-refractivity contribution in [2.75, 3.05) is 4.90 Å². The number of halogens is 2. The van der Waals surface area contributed by atoms with E-state index in [1.54, 1.807) is 36.4 Å². The molecule has 6 nitrogen and oxygen atoms in total. The van der Waals surface area contributed by atoms with Crippen LogP contribution in [0.25, 0.3) is 6.08 Å². The summed E-state index contributed by atoms with van der Waals surface area (Å²) in [5.41, 5.74) is 1.72. The van der Waals surface area contributed by atoms with Gasteiger partial charge >= 0.3 is 6.03 Å². The van der Waals surface area contributed by atoms with Crippen molar-refractivity contribution in [1.29, 1.82) is 0 Å². The topological polar surface area (TPSA) is 86.7 Å². The summed E-state index contributed by atoms with van der Waals surface area (Å²) in [6, 6.07) is 9.24. The molecule has 0 aliphatic carbocycles. The van der Waals surface area contributed by atoms with Crippen LogP contribution < -0.4 is 10.2 Å². The molecule has 0 saturated carbocycles. The van der Waals surface area contributed by atoms with E-state index >= 15 is 0 Å². The van der Waals surface area contributed by atoms with E-state index in [2.05, 4.69) is 21.2 Å². The number of anilines is 1. The first-order chi connectivity index (χ1) is 12.3. The standard InChI is InChI=1S/C18H12BrIN2O4/c1-9-2-4-11(5-3-9)22-17(25)12(16(24)21-18(22)26)6-10-7-13(19)15(23)14(20)8-10/h2-8,23H,1H3,(H,21,24,26). The summed E-state index contributed by atoms with van der Waals surface area (Å²) in [6.07, 6.45) is 1.39.